The Morgan fingerprint density at radius 1 is 0.561 bits per heavy atom. The fraction of sp³-hybridized carbons (Fsp3) is 0.712. The fourth-order valence-electron chi connectivity index (χ4n) is 5.40. The van der Waals surface area contributed by atoms with Crippen molar-refractivity contribution in [2.75, 3.05) is 6.61 Å². The second-order valence-electron chi connectivity index (χ2n) is 25.5. The van der Waals surface area contributed by atoms with Crippen LogP contribution in [0.3, 0.4) is 0 Å². The Morgan fingerprint density at radius 3 is 1.12 bits per heavy atom. The van der Waals surface area contributed by atoms with Gasteiger partial charge >= 0.3 is 0 Å². The van der Waals surface area contributed by atoms with E-state index in [1.165, 1.54) is 12.8 Å². The zero-order chi connectivity index (χ0) is 53.3. The Bertz CT molecular complexity index is 1630. The molecule has 0 spiro atoms. The molecule has 1 atom stereocenters. The largest absolute Gasteiger partial charge is 0.396 e. The van der Waals surface area contributed by atoms with Crippen molar-refractivity contribution in [2.45, 2.75) is 218 Å². The summed E-state index contributed by atoms with van der Waals surface area (Å²) in [6.07, 6.45) is 5.80. The van der Waals surface area contributed by atoms with Crippen LogP contribution in [-0.2, 0) is 25.6 Å². The van der Waals surface area contributed by atoms with Crippen molar-refractivity contribution in [3.05, 3.63) is 71.8 Å². The molecule has 2 aromatic carbocycles. The zero-order valence-electron chi connectivity index (χ0n) is 47.4. The first-order chi connectivity index (χ1) is 29.4. The van der Waals surface area contributed by atoms with Gasteiger partial charge in [-0.15, -0.1) is 0 Å². The summed E-state index contributed by atoms with van der Waals surface area (Å²) < 4.78 is 0. The van der Waals surface area contributed by atoms with E-state index in [2.05, 4.69) is 20.8 Å². The number of hydrogen-bond acceptors (Lipinski definition) is 7. The minimum Gasteiger partial charge on any atom is -0.396 e. The molecule has 0 saturated heterocycles. The molecule has 1 unspecified atom stereocenters. The number of carbonyl (C=O) groups excluding carboxylic acids is 5. The molecule has 1 saturated carbocycles. The van der Waals surface area contributed by atoms with Crippen LogP contribution in [0.1, 0.15) is 221 Å². The van der Waals surface area contributed by atoms with Crippen molar-refractivity contribution in [3.63, 3.8) is 0 Å². The van der Waals surface area contributed by atoms with E-state index in [0.717, 1.165) is 24.0 Å². The maximum atomic E-state index is 11.7. The van der Waals surface area contributed by atoms with Gasteiger partial charge in [0, 0.05) is 58.0 Å². The molecule has 1 fully saturated rings. The van der Waals surface area contributed by atoms with Crippen LogP contribution in [0.2, 0.25) is 0 Å². The number of carbonyl (C=O) groups is 5. The van der Waals surface area contributed by atoms with E-state index < -0.39 is 0 Å². The fourth-order valence-corrected chi connectivity index (χ4v) is 5.40. The molecule has 2 N–H and O–H groups in total. The molecule has 66 heavy (non-hydrogen) atoms. The van der Waals surface area contributed by atoms with Crippen LogP contribution in [0, 0.1) is 49.7 Å². The molecule has 7 nitrogen and oxygen atoms in total. The number of hydrogen-bond donors (Lipinski definition) is 2. The number of rotatable bonds is 6. The van der Waals surface area contributed by atoms with E-state index in [0.29, 0.717) is 42.0 Å². The van der Waals surface area contributed by atoms with Crippen LogP contribution in [0.4, 0.5) is 0 Å². The number of ketones is 5. The lowest BCUT2D eigenvalue weighted by molar-refractivity contribution is -0.130. The molecule has 1 aliphatic carbocycles. The minimum atomic E-state index is -0.276. The molecule has 1 aliphatic rings. The van der Waals surface area contributed by atoms with Crippen molar-refractivity contribution in [2.24, 2.45) is 49.7 Å². The Kier molecular flexibility index (Phi) is 32.5. The summed E-state index contributed by atoms with van der Waals surface area (Å²) in [6, 6.07) is 19.3. The summed E-state index contributed by atoms with van der Waals surface area (Å²) in [5.41, 5.74) is 1.14. The predicted octanol–water partition coefficient (Wildman–Crippen LogP) is 15.3. The molecule has 0 bridgehead atoms. The lowest BCUT2D eigenvalue weighted by Gasteiger charge is -2.28. The number of aliphatic hydroxyl groups is 2. The quantitative estimate of drug-likeness (QED) is 0.276. The van der Waals surface area contributed by atoms with E-state index in [1.807, 2.05) is 206 Å². The zero-order valence-corrected chi connectivity index (χ0v) is 47.4. The normalized spacial score (nSPS) is 13.6. The van der Waals surface area contributed by atoms with Gasteiger partial charge in [-0.3, -0.25) is 24.0 Å². The lowest BCUT2D eigenvalue weighted by atomic mass is 9.82. The summed E-state index contributed by atoms with van der Waals surface area (Å²) in [5.74, 6) is 2.28. The van der Waals surface area contributed by atoms with Crippen LogP contribution in [-0.4, -0.2) is 51.8 Å². The first-order valence-corrected chi connectivity index (χ1v) is 24.4. The van der Waals surface area contributed by atoms with Gasteiger partial charge in [-0.1, -0.05) is 240 Å². The maximum Gasteiger partial charge on any atom is 0.168 e. The smallest absolute Gasteiger partial charge is 0.168 e. The van der Waals surface area contributed by atoms with Crippen molar-refractivity contribution in [1.82, 2.24) is 0 Å². The Hall–Kier alpha value is -3.29. The minimum absolute atomic E-state index is 0.0359. The van der Waals surface area contributed by atoms with Gasteiger partial charge in [0.15, 0.2) is 5.78 Å². The summed E-state index contributed by atoms with van der Waals surface area (Å²) in [4.78, 5) is 56.3. The predicted molar refractivity (Wildman–Crippen MR) is 283 cm³/mol. The summed E-state index contributed by atoms with van der Waals surface area (Å²) in [7, 11) is 0. The van der Waals surface area contributed by atoms with Gasteiger partial charge in [-0.2, -0.15) is 0 Å². The van der Waals surface area contributed by atoms with E-state index in [1.54, 1.807) is 6.92 Å². The third kappa shape index (κ3) is 36.8. The second kappa shape index (κ2) is 31.0. The van der Waals surface area contributed by atoms with Crippen LogP contribution in [0.25, 0.3) is 0 Å². The highest BCUT2D eigenvalue weighted by atomic mass is 16.3. The molecule has 3 rings (SSSR count). The molecule has 0 heterocycles. The highest BCUT2D eigenvalue weighted by Gasteiger charge is 2.31. The first kappa shape index (κ1) is 69.3. The molecule has 0 radical (unpaired) electrons. The number of Topliss-reactive ketones (excluding diaryl/α,β-unsaturated/α-hetero) is 5. The van der Waals surface area contributed by atoms with Gasteiger partial charge in [0.2, 0.25) is 0 Å². The van der Waals surface area contributed by atoms with Crippen LogP contribution >= 0.6 is 0 Å². The molecular formula is C59H104O7. The van der Waals surface area contributed by atoms with Gasteiger partial charge in [0.1, 0.15) is 23.1 Å². The van der Waals surface area contributed by atoms with Crippen LogP contribution in [0.15, 0.2) is 60.7 Å². The SMILES string of the molecule is CC(=O)C(C)(C)C.CC(C)(C)C(=O)C1CCCC1.CC(C)(C)C(=O)Cc1ccccc1.CC(C)(C)C(=O)c1ccccc1.CC(C)(C)CO.CC(C)C(O)C(C)(C)C.CCC(=O)C(C)(C)C. The Labute approximate surface area is 407 Å². The van der Waals surface area contributed by atoms with Gasteiger partial charge in [-0.05, 0) is 42.1 Å². The monoisotopic (exact) mass is 925 g/mol. The average Bonchev–Trinajstić information content (AvgIpc) is 3.71. The lowest BCUT2D eigenvalue weighted by Crippen LogP contribution is -2.30. The third-order valence-corrected chi connectivity index (χ3v) is 10.4. The highest BCUT2D eigenvalue weighted by Crippen LogP contribution is 2.32. The number of aliphatic hydroxyl groups excluding tert-OH is 2. The van der Waals surface area contributed by atoms with Crippen molar-refractivity contribution in [3.8, 4) is 0 Å². The van der Waals surface area contributed by atoms with Crippen molar-refractivity contribution >= 4 is 28.9 Å². The molecular weight excluding hydrogens is 821 g/mol. The van der Waals surface area contributed by atoms with Crippen molar-refractivity contribution in [1.29, 1.82) is 0 Å². The standard InChI is InChI=1S/C12H16O.C11H14O.C10H18O.C8H18O.C7H14O.C6H12O.C5H12O/c1-12(2,3)11(13)9-10-7-5-4-6-8-10;1-11(2,3)10(12)9-7-5-4-6-8-9;1-10(2,3)9(11)8-6-4-5-7-8;1-6(2)7(9)8(3,4)5;1-5-6(8)7(2,3)4;1-5(7)6(2,3)4;1-5(2,3)4-6/h4-8H,9H2,1-3H3;4-8H,1-3H3;8H,4-7H2,1-3H3;6-7,9H,1-5H3;5H2,1-4H3;1-4H3;6H,4H2,1-3H3. The molecule has 382 valence electrons. The van der Waals surface area contributed by atoms with E-state index in [9.17, 15) is 29.1 Å². The molecule has 2 aromatic rings. The molecule has 7 heteroatoms. The molecule has 0 aliphatic heterocycles. The van der Waals surface area contributed by atoms with Gasteiger partial charge in [-0.25, -0.2) is 0 Å². The van der Waals surface area contributed by atoms with Gasteiger partial charge < -0.3 is 10.2 Å². The summed E-state index contributed by atoms with van der Waals surface area (Å²) >= 11 is 0. The first-order valence-electron chi connectivity index (χ1n) is 24.4. The maximum absolute atomic E-state index is 11.7. The third-order valence-electron chi connectivity index (χ3n) is 10.4. The second-order valence-corrected chi connectivity index (χ2v) is 25.5. The van der Waals surface area contributed by atoms with Gasteiger partial charge in [0.25, 0.3) is 0 Å². The molecule has 0 aromatic heterocycles. The van der Waals surface area contributed by atoms with E-state index in [4.69, 9.17) is 5.11 Å². The average molecular weight is 925 g/mol. The molecule has 0 amide bonds. The van der Waals surface area contributed by atoms with Crippen LogP contribution < -0.4 is 0 Å². The topological polar surface area (TPSA) is 126 Å². The summed E-state index contributed by atoms with van der Waals surface area (Å²) in [6.45, 7) is 49.3. The van der Waals surface area contributed by atoms with E-state index in [-0.39, 0.29) is 62.2 Å². The highest BCUT2D eigenvalue weighted by molar-refractivity contribution is 5.99. The van der Waals surface area contributed by atoms with Crippen molar-refractivity contribution < 1.29 is 34.2 Å². The Balaban J connectivity index is -0.000000345. The van der Waals surface area contributed by atoms with Gasteiger partial charge in [0.05, 0.1) is 6.10 Å². The summed E-state index contributed by atoms with van der Waals surface area (Å²) in [5, 5.41) is 17.9. The van der Waals surface area contributed by atoms with E-state index >= 15 is 0 Å². The number of benzene rings is 2. The van der Waals surface area contributed by atoms with Crippen LogP contribution in [0.5, 0.6) is 0 Å². The Morgan fingerprint density at radius 2 is 0.909 bits per heavy atom.